The predicted octanol–water partition coefficient (Wildman–Crippen LogP) is 13.2. The second-order valence-electron chi connectivity index (χ2n) is 16.4. The highest BCUT2D eigenvalue weighted by molar-refractivity contribution is 7.47. The highest BCUT2D eigenvalue weighted by Crippen LogP contribution is 2.43. The number of nitrogens with zero attached hydrogens (tertiary/aromatic N) is 1. The van der Waals surface area contributed by atoms with Gasteiger partial charge < -0.3 is 18.9 Å². The Bertz CT molecular complexity index is 1170. The highest BCUT2D eigenvalue weighted by Gasteiger charge is 2.27. The Hall–Kier alpha value is -2.29. The van der Waals surface area contributed by atoms with Gasteiger partial charge in [0.15, 0.2) is 6.10 Å². The largest absolute Gasteiger partial charge is 0.472 e. The first-order valence-corrected chi connectivity index (χ1v) is 24.5. The van der Waals surface area contributed by atoms with Crippen molar-refractivity contribution in [3.05, 3.63) is 60.8 Å². The van der Waals surface area contributed by atoms with Crippen molar-refractivity contribution in [2.75, 3.05) is 47.5 Å². The van der Waals surface area contributed by atoms with Gasteiger partial charge >= 0.3 is 19.8 Å². The zero-order valence-electron chi connectivity index (χ0n) is 37.8. The molecule has 0 spiro atoms. The standard InChI is InChI=1S/C48H86NO8P/c1-6-8-10-12-14-16-18-20-22-23-24-25-27-29-31-33-35-37-39-41-48(51)57-46(45-56-58(52,53)55-43-42-49(3,4)5)44-54-47(50)40-38-36-34-32-30-28-26-21-19-17-15-13-11-9-7-2/h14,16,20,22,24-25,29,31,35,37,46H,6-13,15,17-19,21,23,26-28,30,32-34,36,38-45H2,1-5H3/p+1/b16-14-,22-20-,25-24-,31-29-,37-35-/t46-/m1/s1. The number of hydrogen-bond acceptors (Lipinski definition) is 7. The first kappa shape index (κ1) is 55.7. The molecule has 0 rings (SSSR count). The summed E-state index contributed by atoms with van der Waals surface area (Å²) in [6.07, 6.45) is 48.5. The van der Waals surface area contributed by atoms with E-state index in [1.54, 1.807) is 0 Å². The molecule has 1 unspecified atom stereocenters. The second-order valence-corrected chi connectivity index (χ2v) is 17.9. The zero-order valence-corrected chi connectivity index (χ0v) is 38.7. The molecule has 9 nitrogen and oxygen atoms in total. The molecule has 336 valence electrons. The van der Waals surface area contributed by atoms with Crippen molar-refractivity contribution in [1.82, 2.24) is 0 Å². The number of quaternary nitrogens is 1. The minimum absolute atomic E-state index is 0.0172. The molecule has 0 saturated carbocycles. The van der Waals surface area contributed by atoms with Crippen LogP contribution in [0.3, 0.4) is 0 Å². The SMILES string of the molecule is CCCCC/C=C\C/C=C\C/C=C\C/C=C\C/C=C\CCC(=O)O[C@H](COC(=O)CCCCCCCCCCCCCCCCC)COP(=O)(O)OCC[N+](C)(C)C. The van der Waals surface area contributed by atoms with Crippen LogP contribution >= 0.6 is 7.82 Å². The van der Waals surface area contributed by atoms with Gasteiger partial charge in [-0.2, -0.15) is 0 Å². The van der Waals surface area contributed by atoms with Crippen LogP contribution in [0.5, 0.6) is 0 Å². The number of allylic oxidation sites excluding steroid dienone is 10. The fourth-order valence-corrected chi connectivity index (χ4v) is 6.68. The number of carbonyl (C=O) groups is 2. The fraction of sp³-hybridized carbons (Fsp3) is 0.750. The highest BCUT2D eigenvalue weighted by atomic mass is 31.2. The van der Waals surface area contributed by atoms with Gasteiger partial charge in [0, 0.05) is 12.8 Å². The smallest absolute Gasteiger partial charge is 0.462 e. The number of rotatable bonds is 41. The van der Waals surface area contributed by atoms with E-state index in [4.69, 9.17) is 18.5 Å². The van der Waals surface area contributed by atoms with E-state index in [0.29, 0.717) is 17.4 Å². The number of ether oxygens (including phenoxy) is 2. The first-order valence-electron chi connectivity index (χ1n) is 23.0. The summed E-state index contributed by atoms with van der Waals surface area (Å²) in [6, 6.07) is 0. The van der Waals surface area contributed by atoms with Crippen LogP contribution < -0.4 is 0 Å². The summed E-state index contributed by atoms with van der Waals surface area (Å²) >= 11 is 0. The summed E-state index contributed by atoms with van der Waals surface area (Å²) in [4.78, 5) is 35.4. The average Bonchev–Trinajstić information content (AvgIpc) is 3.17. The topological polar surface area (TPSA) is 108 Å². The van der Waals surface area contributed by atoms with Crippen molar-refractivity contribution in [1.29, 1.82) is 0 Å². The predicted molar refractivity (Wildman–Crippen MR) is 243 cm³/mol. The van der Waals surface area contributed by atoms with E-state index in [0.717, 1.165) is 44.9 Å². The maximum absolute atomic E-state index is 12.7. The van der Waals surface area contributed by atoms with Crippen LogP contribution in [0.15, 0.2) is 60.8 Å². The van der Waals surface area contributed by atoms with Crippen LogP contribution in [0.2, 0.25) is 0 Å². The Balaban J connectivity index is 4.46. The third-order valence-corrected chi connectivity index (χ3v) is 10.5. The van der Waals surface area contributed by atoms with Gasteiger partial charge in [0.1, 0.15) is 19.8 Å². The maximum Gasteiger partial charge on any atom is 0.472 e. The summed E-state index contributed by atoms with van der Waals surface area (Å²) in [5.74, 6) is -0.893. The summed E-state index contributed by atoms with van der Waals surface area (Å²) < 4.78 is 34.2. The van der Waals surface area contributed by atoms with Crippen LogP contribution in [0, 0.1) is 0 Å². The average molecular weight is 837 g/mol. The lowest BCUT2D eigenvalue weighted by Gasteiger charge is -2.24. The molecule has 0 amide bonds. The van der Waals surface area contributed by atoms with Gasteiger partial charge in [0.2, 0.25) is 0 Å². The summed E-state index contributed by atoms with van der Waals surface area (Å²) in [5, 5.41) is 0. The minimum atomic E-state index is -4.40. The van der Waals surface area contributed by atoms with Crippen molar-refractivity contribution >= 4 is 19.8 Å². The van der Waals surface area contributed by atoms with Gasteiger partial charge in [-0.15, -0.1) is 0 Å². The number of likely N-dealkylation sites (N-methyl/N-ethyl adjacent to an activating group) is 1. The number of phosphoric ester groups is 1. The van der Waals surface area contributed by atoms with Crippen molar-refractivity contribution in [2.24, 2.45) is 0 Å². The second kappa shape index (κ2) is 40.1. The van der Waals surface area contributed by atoms with Crippen molar-refractivity contribution in [2.45, 2.75) is 187 Å². The molecule has 1 N–H and O–H groups in total. The van der Waals surface area contributed by atoms with Gasteiger partial charge in [-0.3, -0.25) is 18.6 Å². The van der Waals surface area contributed by atoms with E-state index in [2.05, 4.69) is 62.5 Å². The number of carbonyl (C=O) groups excluding carboxylic acids is 2. The fourth-order valence-electron chi connectivity index (χ4n) is 5.94. The molecule has 0 radical (unpaired) electrons. The molecular weight excluding hydrogens is 750 g/mol. The lowest BCUT2D eigenvalue weighted by Crippen LogP contribution is -2.37. The Labute approximate surface area is 356 Å². The Kier molecular flexibility index (Phi) is 38.5. The van der Waals surface area contributed by atoms with E-state index >= 15 is 0 Å². The van der Waals surface area contributed by atoms with E-state index in [1.165, 1.54) is 103 Å². The van der Waals surface area contributed by atoms with E-state index in [1.807, 2.05) is 33.3 Å². The first-order chi connectivity index (χ1) is 28.0. The van der Waals surface area contributed by atoms with Crippen LogP contribution in [0.1, 0.15) is 181 Å². The van der Waals surface area contributed by atoms with Crippen LogP contribution in [0.25, 0.3) is 0 Å². The third kappa shape index (κ3) is 43.3. The van der Waals surface area contributed by atoms with E-state index in [-0.39, 0.29) is 32.0 Å². The van der Waals surface area contributed by atoms with Crippen LogP contribution in [-0.2, 0) is 32.7 Å². The summed E-state index contributed by atoms with van der Waals surface area (Å²) in [6.45, 7) is 4.31. The number of unbranched alkanes of at least 4 members (excludes halogenated alkanes) is 17. The van der Waals surface area contributed by atoms with Crippen molar-refractivity contribution in [3.8, 4) is 0 Å². The van der Waals surface area contributed by atoms with Gasteiger partial charge in [0.25, 0.3) is 0 Å². The maximum atomic E-state index is 12.7. The third-order valence-electron chi connectivity index (χ3n) is 9.56. The molecule has 0 aromatic heterocycles. The van der Waals surface area contributed by atoms with E-state index in [9.17, 15) is 19.0 Å². The normalized spacial score (nSPS) is 14.1. The van der Waals surface area contributed by atoms with Crippen LogP contribution in [0.4, 0.5) is 0 Å². The molecule has 0 aliphatic rings. The molecule has 0 bridgehead atoms. The molecule has 0 aromatic carbocycles. The van der Waals surface area contributed by atoms with Gasteiger partial charge in [-0.05, 0) is 51.4 Å². The van der Waals surface area contributed by atoms with Gasteiger partial charge in [-0.25, -0.2) is 4.57 Å². The Morgan fingerprint density at radius 2 is 0.966 bits per heavy atom. The molecule has 58 heavy (non-hydrogen) atoms. The minimum Gasteiger partial charge on any atom is -0.462 e. The Morgan fingerprint density at radius 3 is 1.45 bits per heavy atom. The van der Waals surface area contributed by atoms with Crippen molar-refractivity contribution in [3.63, 3.8) is 0 Å². The van der Waals surface area contributed by atoms with Crippen molar-refractivity contribution < 1.29 is 42.1 Å². The summed E-state index contributed by atoms with van der Waals surface area (Å²) in [5.41, 5.74) is 0. The van der Waals surface area contributed by atoms with Gasteiger partial charge in [-0.1, -0.05) is 177 Å². The number of hydrogen-bond donors (Lipinski definition) is 1. The molecule has 0 heterocycles. The van der Waals surface area contributed by atoms with Gasteiger partial charge in [0.05, 0.1) is 27.7 Å². The summed E-state index contributed by atoms with van der Waals surface area (Å²) in [7, 11) is 1.43. The molecule has 0 saturated heterocycles. The molecule has 0 aromatic rings. The monoisotopic (exact) mass is 837 g/mol. The van der Waals surface area contributed by atoms with Crippen LogP contribution in [-0.4, -0.2) is 74.9 Å². The van der Waals surface area contributed by atoms with E-state index < -0.39 is 26.5 Å². The number of esters is 2. The lowest BCUT2D eigenvalue weighted by atomic mass is 10.0. The zero-order chi connectivity index (χ0) is 42.8. The lowest BCUT2D eigenvalue weighted by molar-refractivity contribution is -0.870. The molecule has 0 aliphatic heterocycles. The molecule has 0 fully saturated rings. The molecular formula is C48H87NO8P+. The molecule has 2 atom stereocenters. The Morgan fingerprint density at radius 1 is 0.534 bits per heavy atom. The molecule has 0 aliphatic carbocycles. The molecule has 10 heteroatoms. The number of phosphoric acid groups is 1. The quantitative estimate of drug-likeness (QED) is 0.0213.